The summed E-state index contributed by atoms with van der Waals surface area (Å²) in [5.74, 6) is -0.774. The van der Waals surface area contributed by atoms with E-state index in [1.807, 2.05) is 30.0 Å². The molecule has 2 aromatic rings. The SMILES string of the molecule is Cc1cc(C)c([S+]([O-])CC(F)(F)F)cc1/N=C(/c1ccccc1Cl)N1CCOCC1. The molecule has 0 radical (unpaired) electrons. The molecule has 1 heterocycles. The van der Waals surface area contributed by atoms with E-state index in [9.17, 15) is 17.7 Å². The summed E-state index contributed by atoms with van der Waals surface area (Å²) < 4.78 is 56.1. The van der Waals surface area contributed by atoms with Crippen molar-refractivity contribution in [2.24, 2.45) is 4.99 Å². The Labute approximate surface area is 181 Å². The molecule has 3 rings (SSSR count). The number of amidine groups is 1. The van der Waals surface area contributed by atoms with Crippen LogP contribution in [0.5, 0.6) is 0 Å². The third-order valence-electron chi connectivity index (χ3n) is 4.69. The topological polar surface area (TPSA) is 47.9 Å². The van der Waals surface area contributed by atoms with Crippen LogP contribution >= 0.6 is 11.6 Å². The molecule has 30 heavy (non-hydrogen) atoms. The molecule has 4 nitrogen and oxygen atoms in total. The minimum atomic E-state index is -4.51. The first-order valence-electron chi connectivity index (χ1n) is 9.38. The van der Waals surface area contributed by atoms with Crippen molar-refractivity contribution < 1.29 is 22.5 Å². The lowest BCUT2D eigenvalue weighted by atomic mass is 10.1. The van der Waals surface area contributed by atoms with Crippen LogP contribution in [0.2, 0.25) is 5.02 Å². The van der Waals surface area contributed by atoms with Crippen LogP contribution in [0.4, 0.5) is 18.9 Å². The summed E-state index contributed by atoms with van der Waals surface area (Å²) in [6.45, 7) is 5.78. The highest BCUT2D eigenvalue weighted by Gasteiger charge is 2.36. The molecule has 1 aliphatic heterocycles. The average molecular weight is 459 g/mol. The van der Waals surface area contributed by atoms with Gasteiger partial charge < -0.3 is 14.2 Å². The molecule has 0 spiro atoms. The number of halogens is 4. The smallest absolute Gasteiger partial charge is 0.433 e. The predicted octanol–water partition coefficient (Wildman–Crippen LogP) is 5.04. The molecule has 0 N–H and O–H groups in total. The molecule has 2 aromatic carbocycles. The fraction of sp³-hybridized carbons (Fsp3) is 0.381. The Morgan fingerprint density at radius 3 is 2.47 bits per heavy atom. The molecule has 1 saturated heterocycles. The maximum Gasteiger partial charge on any atom is 0.433 e. The number of hydrogen-bond acceptors (Lipinski definition) is 3. The maximum atomic E-state index is 12.8. The van der Waals surface area contributed by atoms with Crippen molar-refractivity contribution in [3.8, 4) is 0 Å². The van der Waals surface area contributed by atoms with Gasteiger partial charge in [-0.1, -0.05) is 23.7 Å². The molecule has 1 fully saturated rings. The third kappa shape index (κ3) is 5.69. The minimum absolute atomic E-state index is 0.136. The molecule has 162 valence electrons. The molecule has 0 bridgehead atoms. The van der Waals surface area contributed by atoms with Gasteiger partial charge >= 0.3 is 6.18 Å². The van der Waals surface area contributed by atoms with E-state index >= 15 is 0 Å². The van der Waals surface area contributed by atoms with Crippen molar-refractivity contribution in [3.63, 3.8) is 0 Å². The van der Waals surface area contributed by atoms with Crippen molar-refractivity contribution in [1.29, 1.82) is 0 Å². The van der Waals surface area contributed by atoms with E-state index in [4.69, 9.17) is 21.3 Å². The monoisotopic (exact) mass is 458 g/mol. The van der Waals surface area contributed by atoms with Crippen LogP contribution in [-0.4, -0.2) is 53.5 Å². The second-order valence-electron chi connectivity index (χ2n) is 7.02. The Balaban J connectivity index is 2.08. The van der Waals surface area contributed by atoms with Gasteiger partial charge in [0.05, 0.1) is 23.9 Å². The van der Waals surface area contributed by atoms with Crippen LogP contribution in [0.1, 0.15) is 16.7 Å². The van der Waals surface area contributed by atoms with Gasteiger partial charge in [0, 0.05) is 30.3 Å². The second-order valence-corrected chi connectivity index (χ2v) is 8.85. The number of aryl methyl sites for hydroxylation is 2. The third-order valence-corrected chi connectivity index (χ3v) is 6.53. The number of benzene rings is 2. The number of hydrogen-bond donors (Lipinski definition) is 0. The standard InChI is InChI=1S/C21H22ClF3N2O2S/c1-14-11-15(2)19(30(28)13-21(23,24)25)12-18(14)26-20(27-7-9-29-10-8-27)16-5-3-4-6-17(16)22/h3-6,11-12H,7-10,13H2,1-2H3/b26-20-. The number of aliphatic imine (C=N–C) groups is 1. The number of rotatable bonds is 4. The lowest BCUT2D eigenvalue weighted by Gasteiger charge is -2.30. The number of ether oxygens (including phenoxy) is 1. The van der Waals surface area contributed by atoms with E-state index in [1.165, 1.54) is 6.07 Å². The van der Waals surface area contributed by atoms with Crippen LogP contribution in [0.3, 0.4) is 0 Å². The number of alkyl halides is 3. The van der Waals surface area contributed by atoms with E-state index in [1.54, 1.807) is 19.1 Å². The Morgan fingerprint density at radius 1 is 1.17 bits per heavy atom. The van der Waals surface area contributed by atoms with Crippen LogP contribution in [-0.2, 0) is 15.9 Å². The largest absolute Gasteiger partial charge is 0.611 e. The highest BCUT2D eigenvalue weighted by molar-refractivity contribution is 7.91. The highest BCUT2D eigenvalue weighted by Crippen LogP contribution is 2.31. The van der Waals surface area contributed by atoms with Gasteiger partial charge in [-0.15, -0.1) is 0 Å². The first-order valence-corrected chi connectivity index (χ1v) is 11.1. The fourth-order valence-corrected chi connectivity index (χ4v) is 4.58. The lowest BCUT2D eigenvalue weighted by Crippen LogP contribution is -2.41. The summed E-state index contributed by atoms with van der Waals surface area (Å²) in [6, 6.07) is 10.5. The van der Waals surface area contributed by atoms with Gasteiger partial charge in [-0.2, -0.15) is 13.2 Å². The Morgan fingerprint density at radius 2 is 1.83 bits per heavy atom. The molecular weight excluding hydrogens is 437 g/mol. The quantitative estimate of drug-likeness (QED) is 0.366. The van der Waals surface area contributed by atoms with Gasteiger partial charge in [0.25, 0.3) is 0 Å². The Kier molecular flexibility index (Phi) is 7.34. The Bertz CT molecular complexity index is 931. The fourth-order valence-electron chi connectivity index (χ4n) is 3.25. The zero-order valence-electron chi connectivity index (χ0n) is 16.6. The summed E-state index contributed by atoms with van der Waals surface area (Å²) in [4.78, 5) is 6.95. The first kappa shape index (κ1) is 22.9. The van der Waals surface area contributed by atoms with Gasteiger partial charge in [0.2, 0.25) is 5.75 Å². The van der Waals surface area contributed by atoms with Crippen LogP contribution in [0, 0.1) is 13.8 Å². The average Bonchev–Trinajstić information content (AvgIpc) is 2.67. The first-order chi connectivity index (χ1) is 14.2. The lowest BCUT2D eigenvalue weighted by molar-refractivity contribution is -0.106. The van der Waals surface area contributed by atoms with Gasteiger partial charge in [-0.25, -0.2) is 4.99 Å². The molecular formula is C21H22ClF3N2O2S. The van der Waals surface area contributed by atoms with Gasteiger partial charge in [0.1, 0.15) is 5.84 Å². The molecule has 0 aromatic heterocycles. The minimum Gasteiger partial charge on any atom is -0.611 e. The van der Waals surface area contributed by atoms with Gasteiger partial charge in [-0.05, 0) is 48.8 Å². The highest BCUT2D eigenvalue weighted by atomic mass is 35.5. The van der Waals surface area contributed by atoms with Crippen LogP contribution in [0.15, 0.2) is 46.3 Å². The normalized spacial score (nSPS) is 16.6. The van der Waals surface area contributed by atoms with Crippen molar-refractivity contribution in [2.75, 3.05) is 32.1 Å². The zero-order chi connectivity index (χ0) is 21.9. The van der Waals surface area contributed by atoms with E-state index in [2.05, 4.69) is 0 Å². The molecule has 0 amide bonds. The second kappa shape index (κ2) is 9.60. The van der Waals surface area contributed by atoms with Crippen molar-refractivity contribution in [2.45, 2.75) is 24.9 Å². The number of morpholine rings is 1. The molecule has 1 aliphatic rings. The molecule has 0 aliphatic carbocycles. The van der Waals surface area contributed by atoms with Crippen molar-refractivity contribution in [3.05, 3.63) is 58.1 Å². The number of nitrogens with zero attached hydrogens (tertiary/aromatic N) is 2. The zero-order valence-corrected chi connectivity index (χ0v) is 18.2. The van der Waals surface area contributed by atoms with E-state index in [-0.39, 0.29) is 4.90 Å². The van der Waals surface area contributed by atoms with E-state index in [0.29, 0.717) is 48.4 Å². The summed E-state index contributed by atoms with van der Waals surface area (Å²) >= 11 is 4.21. The van der Waals surface area contributed by atoms with Crippen molar-refractivity contribution in [1.82, 2.24) is 4.90 Å². The van der Waals surface area contributed by atoms with E-state index in [0.717, 1.165) is 11.1 Å². The maximum absolute atomic E-state index is 12.8. The molecule has 9 heteroatoms. The van der Waals surface area contributed by atoms with Crippen molar-refractivity contribution >= 4 is 34.3 Å². The van der Waals surface area contributed by atoms with Crippen LogP contribution < -0.4 is 0 Å². The molecule has 1 atom stereocenters. The summed E-state index contributed by atoms with van der Waals surface area (Å²) in [6.07, 6.45) is -4.51. The Hall–Kier alpha value is -1.74. The van der Waals surface area contributed by atoms with Gasteiger partial charge in [0.15, 0.2) is 4.90 Å². The summed E-state index contributed by atoms with van der Waals surface area (Å²) in [5.41, 5.74) is 2.50. The summed E-state index contributed by atoms with van der Waals surface area (Å²) in [5, 5.41) is 0.522. The summed E-state index contributed by atoms with van der Waals surface area (Å²) in [7, 11) is 0. The molecule has 1 unspecified atom stereocenters. The molecule has 0 saturated carbocycles. The van der Waals surface area contributed by atoms with Gasteiger partial charge in [-0.3, -0.25) is 0 Å². The predicted molar refractivity (Wildman–Crippen MR) is 113 cm³/mol. The van der Waals surface area contributed by atoms with Crippen LogP contribution in [0.25, 0.3) is 0 Å². The van der Waals surface area contributed by atoms with E-state index < -0.39 is 23.1 Å².